The highest BCUT2D eigenvalue weighted by atomic mass is 19.1. The molecule has 0 saturated heterocycles. The SMILES string of the molecule is CCN(c1ccccc1F)C(CN)c1cccnc1. The Kier molecular flexibility index (Phi) is 4.47. The van der Waals surface area contributed by atoms with E-state index in [-0.39, 0.29) is 11.9 Å². The van der Waals surface area contributed by atoms with Crippen LogP contribution in [0.15, 0.2) is 48.8 Å². The second kappa shape index (κ2) is 6.29. The van der Waals surface area contributed by atoms with E-state index in [0.717, 1.165) is 5.56 Å². The van der Waals surface area contributed by atoms with Crippen molar-refractivity contribution in [3.63, 3.8) is 0 Å². The van der Waals surface area contributed by atoms with Gasteiger partial charge in [-0.25, -0.2) is 4.39 Å². The number of nitrogens with zero attached hydrogens (tertiary/aromatic N) is 2. The first-order valence-electron chi connectivity index (χ1n) is 6.39. The Morgan fingerprint density at radius 3 is 2.63 bits per heavy atom. The third-order valence-corrected chi connectivity index (χ3v) is 3.17. The Morgan fingerprint density at radius 2 is 2.05 bits per heavy atom. The molecule has 1 atom stereocenters. The summed E-state index contributed by atoms with van der Waals surface area (Å²) in [5, 5.41) is 0. The van der Waals surface area contributed by atoms with Gasteiger partial charge in [-0.1, -0.05) is 18.2 Å². The van der Waals surface area contributed by atoms with Crippen LogP contribution in [0.1, 0.15) is 18.5 Å². The van der Waals surface area contributed by atoms with Gasteiger partial charge in [-0.05, 0) is 30.7 Å². The van der Waals surface area contributed by atoms with Crippen LogP contribution in [0.3, 0.4) is 0 Å². The molecule has 0 aliphatic carbocycles. The third kappa shape index (κ3) is 2.90. The highest BCUT2D eigenvalue weighted by Crippen LogP contribution is 2.27. The van der Waals surface area contributed by atoms with Crippen LogP contribution in [-0.4, -0.2) is 18.1 Å². The summed E-state index contributed by atoms with van der Waals surface area (Å²) in [5.74, 6) is -0.230. The molecule has 0 aliphatic rings. The van der Waals surface area contributed by atoms with Crippen LogP contribution in [0.4, 0.5) is 10.1 Å². The molecule has 1 unspecified atom stereocenters. The Balaban J connectivity index is 2.38. The maximum atomic E-state index is 13.9. The quantitative estimate of drug-likeness (QED) is 0.897. The summed E-state index contributed by atoms with van der Waals surface area (Å²) in [6, 6.07) is 10.5. The van der Waals surface area contributed by atoms with Gasteiger partial charge < -0.3 is 10.6 Å². The lowest BCUT2D eigenvalue weighted by Crippen LogP contribution is -2.34. The zero-order valence-corrected chi connectivity index (χ0v) is 11.0. The van der Waals surface area contributed by atoms with Crippen molar-refractivity contribution in [1.82, 2.24) is 4.98 Å². The summed E-state index contributed by atoms with van der Waals surface area (Å²) >= 11 is 0. The van der Waals surface area contributed by atoms with Gasteiger partial charge in [0.15, 0.2) is 0 Å². The zero-order valence-electron chi connectivity index (χ0n) is 11.0. The highest BCUT2D eigenvalue weighted by Gasteiger charge is 2.20. The van der Waals surface area contributed by atoms with Crippen LogP contribution >= 0.6 is 0 Å². The molecule has 0 spiro atoms. The van der Waals surface area contributed by atoms with Gasteiger partial charge in [0.05, 0.1) is 11.7 Å². The lowest BCUT2D eigenvalue weighted by Gasteiger charge is -2.32. The standard InChI is InChI=1S/C15H18FN3/c1-2-19(14-8-4-3-7-13(14)16)15(10-17)12-6-5-9-18-11-12/h3-9,11,15H,2,10,17H2,1H3. The van der Waals surface area contributed by atoms with Gasteiger partial charge in [0, 0.05) is 25.5 Å². The largest absolute Gasteiger partial charge is 0.361 e. The molecule has 0 aliphatic heterocycles. The van der Waals surface area contributed by atoms with Gasteiger partial charge in [0.1, 0.15) is 5.82 Å². The number of benzene rings is 1. The summed E-state index contributed by atoms with van der Waals surface area (Å²) in [6.07, 6.45) is 3.50. The minimum absolute atomic E-state index is 0.0735. The van der Waals surface area contributed by atoms with Gasteiger partial charge in [-0.3, -0.25) is 4.98 Å². The van der Waals surface area contributed by atoms with Crippen molar-refractivity contribution >= 4 is 5.69 Å². The summed E-state index contributed by atoms with van der Waals surface area (Å²) in [4.78, 5) is 6.07. The van der Waals surface area contributed by atoms with Gasteiger partial charge >= 0.3 is 0 Å². The van der Waals surface area contributed by atoms with Crippen LogP contribution in [0, 0.1) is 5.82 Å². The topological polar surface area (TPSA) is 42.1 Å². The van der Waals surface area contributed by atoms with E-state index < -0.39 is 0 Å². The fourth-order valence-electron chi connectivity index (χ4n) is 2.26. The Hall–Kier alpha value is -1.94. The van der Waals surface area contributed by atoms with Gasteiger partial charge in [-0.2, -0.15) is 0 Å². The molecule has 0 amide bonds. The smallest absolute Gasteiger partial charge is 0.146 e. The van der Waals surface area contributed by atoms with E-state index in [4.69, 9.17) is 5.73 Å². The summed E-state index contributed by atoms with van der Waals surface area (Å²) < 4.78 is 13.9. The molecule has 0 radical (unpaired) electrons. The van der Waals surface area contributed by atoms with E-state index in [1.807, 2.05) is 30.0 Å². The number of likely N-dealkylation sites (N-methyl/N-ethyl adjacent to an activating group) is 1. The van der Waals surface area contributed by atoms with Crippen molar-refractivity contribution < 1.29 is 4.39 Å². The van der Waals surface area contributed by atoms with Crippen LogP contribution in [0.25, 0.3) is 0 Å². The number of para-hydroxylation sites is 1. The number of halogens is 1. The van der Waals surface area contributed by atoms with Crippen molar-refractivity contribution in [2.45, 2.75) is 13.0 Å². The molecule has 3 nitrogen and oxygen atoms in total. The fourth-order valence-corrected chi connectivity index (χ4v) is 2.26. The Labute approximate surface area is 112 Å². The molecule has 2 rings (SSSR count). The summed E-state index contributed by atoms with van der Waals surface area (Å²) in [6.45, 7) is 3.08. The third-order valence-electron chi connectivity index (χ3n) is 3.17. The molecule has 0 saturated carbocycles. The van der Waals surface area contributed by atoms with E-state index in [0.29, 0.717) is 18.8 Å². The normalized spacial score (nSPS) is 12.2. The lowest BCUT2D eigenvalue weighted by atomic mass is 10.1. The van der Waals surface area contributed by atoms with Crippen LogP contribution in [0.2, 0.25) is 0 Å². The first-order valence-corrected chi connectivity index (χ1v) is 6.39. The molecular formula is C15H18FN3. The van der Waals surface area contributed by atoms with Crippen LogP contribution < -0.4 is 10.6 Å². The first kappa shape index (κ1) is 13.5. The highest BCUT2D eigenvalue weighted by molar-refractivity contribution is 5.50. The van der Waals surface area contributed by atoms with E-state index in [1.54, 1.807) is 24.5 Å². The molecule has 2 aromatic rings. The lowest BCUT2D eigenvalue weighted by molar-refractivity contribution is 0.588. The Bertz CT molecular complexity index is 516. The van der Waals surface area contributed by atoms with Crippen LogP contribution in [0.5, 0.6) is 0 Å². The fraction of sp³-hybridized carbons (Fsp3) is 0.267. The molecule has 0 fully saturated rings. The number of pyridine rings is 1. The number of aromatic nitrogens is 1. The average Bonchev–Trinajstić information content (AvgIpc) is 2.46. The number of hydrogen-bond donors (Lipinski definition) is 1. The predicted octanol–water partition coefficient (Wildman–Crippen LogP) is 2.75. The number of nitrogens with two attached hydrogens (primary N) is 1. The van der Waals surface area contributed by atoms with Gasteiger partial charge in [0.2, 0.25) is 0 Å². The maximum absolute atomic E-state index is 13.9. The van der Waals surface area contributed by atoms with E-state index in [1.165, 1.54) is 6.07 Å². The summed E-state index contributed by atoms with van der Waals surface area (Å²) in [7, 11) is 0. The molecule has 4 heteroatoms. The van der Waals surface area contributed by atoms with Crippen LogP contribution in [-0.2, 0) is 0 Å². The van der Waals surface area contributed by atoms with Gasteiger partial charge in [0.25, 0.3) is 0 Å². The van der Waals surface area contributed by atoms with Crippen molar-refractivity contribution in [3.8, 4) is 0 Å². The number of hydrogen-bond acceptors (Lipinski definition) is 3. The molecular weight excluding hydrogens is 241 g/mol. The monoisotopic (exact) mass is 259 g/mol. The predicted molar refractivity (Wildman–Crippen MR) is 75.5 cm³/mol. The maximum Gasteiger partial charge on any atom is 0.146 e. The molecule has 2 N–H and O–H groups in total. The average molecular weight is 259 g/mol. The summed E-state index contributed by atoms with van der Waals surface area (Å²) in [5.41, 5.74) is 7.45. The zero-order chi connectivity index (χ0) is 13.7. The molecule has 0 bridgehead atoms. The Morgan fingerprint density at radius 1 is 1.26 bits per heavy atom. The molecule has 1 aromatic heterocycles. The van der Waals surface area contributed by atoms with E-state index in [2.05, 4.69) is 4.98 Å². The molecule has 100 valence electrons. The van der Waals surface area contributed by atoms with E-state index >= 15 is 0 Å². The minimum atomic E-state index is -0.230. The minimum Gasteiger partial charge on any atom is -0.361 e. The number of rotatable bonds is 5. The van der Waals surface area contributed by atoms with E-state index in [9.17, 15) is 4.39 Å². The second-order valence-electron chi connectivity index (χ2n) is 4.28. The van der Waals surface area contributed by atoms with Crippen molar-refractivity contribution in [2.75, 3.05) is 18.0 Å². The van der Waals surface area contributed by atoms with Crippen molar-refractivity contribution in [2.24, 2.45) is 5.73 Å². The van der Waals surface area contributed by atoms with Gasteiger partial charge in [-0.15, -0.1) is 0 Å². The molecule has 19 heavy (non-hydrogen) atoms. The molecule has 1 aromatic carbocycles. The van der Waals surface area contributed by atoms with Crippen molar-refractivity contribution in [1.29, 1.82) is 0 Å². The first-order chi connectivity index (χ1) is 9.27. The number of anilines is 1. The van der Waals surface area contributed by atoms with Crippen molar-refractivity contribution in [3.05, 3.63) is 60.2 Å². The molecule has 1 heterocycles. The second-order valence-corrected chi connectivity index (χ2v) is 4.28.